The molecule has 0 bridgehead atoms. The lowest BCUT2D eigenvalue weighted by Crippen LogP contribution is -2.21. The molecule has 214 valence electrons. The first-order valence-electron chi connectivity index (χ1n) is 12.3. The van der Waals surface area contributed by atoms with Crippen LogP contribution in [-0.2, 0) is 6.18 Å². The molecule has 0 spiro atoms. The van der Waals surface area contributed by atoms with Crippen LogP contribution in [0.2, 0.25) is 5.02 Å². The van der Waals surface area contributed by atoms with Gasteiger partial charge in [0.1, 0.15) is 23.4 Å². The van der Waals surface area contributed by atoms with E-state index in [9.17, 15) is 36.8 Å². The second-order valence-electron chi connectivity index (χ2n) is 9.51. The van der Waals surface area contributed by atoms with E-state index in [0.717, 1.165) is 12.1 Å². The Bertz CT molecular complexity index is 2030. The molecular formula is C29H14ClF5N6O2. The van der Waals surface area contributed by atoms with E-state index in [-0.39, 0.29) is 44.9 Å². The molecule has 2 aromatic heterocycles. The Balaban J connectivity index is 1.52. The largest absolute Gasteiger partial charge is 0.416 e. The van der Waals surface area contributed by atoms with E-state index in [0.29, 0.717) is 23.3 Å². The van der Waals surface area contributed by atoms with E-state index in [1.807, 2.05) is 6.07 Å². The molecule has 1 atom stereocenters. The number of nitriles is 1. The van der Waals surface area contributed by atoms with Crippen molar-refractivity contribution in [3.8, 4) is 17.2 Å². The third-order valence-corrected chi connectivity index (χ3v) is 7.15. The number of nitrogens with one attached hydrogen (secondary N) is 2. The second kappa shape index (κ2) is 10.2. The Kier molecular flexibility index (Phi) is 6.58. The molecule has 0 saturated carbocycles. The minimum Gasteiger partial charge on any atom is -0.341 e. The Labute approximate surface area is 243 Å². The highest BCUT2D eigenvalue weighted by Gasteiger charge is 2.36. The van der Waals surface area contributed by atoms with Gasteiger partial charge in [0.15, 0.2) is 0 Å². The van der Waals surface area contributed by atoms with Crippen molar-refractivity contribution in [1.82, 2.24) is 19.7 Å². The lowest BCUT2D eigenvalue weighted by molar-refractivity contribution is -0.137. The lowest BCUT2D eigenvalue weighted by Gasteiger charge is -2.19. The molecule has 1 aliphatic heterocycles. The zero-order valence-electron chi connectivity index (χ0n) is 21.3. The summed E-state index contributed by atoms with van der Waals surface area (Å²) in [6.07, 6.45) is -0.672. The van der Waals surface area contributed by atoms with Crippen LogP contribution < -0.4 is 10.6 Å². The fraction of sp³-hybridized carbons (Fsp3) is 0.0690. The van der Waals surface area contributed by atoms with Crippen LogP contribution in [0, 0.1) is 23.0 Å². The zero-order chi connectivity index (χ0) is 30.6. The van der Waals surface area contributed by atoms with Crippen molar-refractivity contribution < 1.29 is 31.5 Å². The molecule has 3 heterocycles. The first kappa shape index (κ1) is 27.8. The topological polar surface area (TPSA) is 112 Å². The third kappa shape index (κ3) is 5.02. The number of carbonyl (C=O) groups is 2. The molecule has 3 aromatic carbocycles. The number of hydrogen-bond donors (Lipinski definition) is 2. The predicted molar refractivity (Wildman–Crippen MR) is 143 cm³/mol. The highest BCUT2D eigenvalue weighted by atomic mass is 35.5. The van der Waals surface area contributed by atoms with Crippen molar-refractivity contribution in [2.24, 2.45) is 0 Å². The Hall–Kier alpha value is -5.35. The maximum absolute atomic E-state index is 14.2. The van der Waals surface area contributed by atoms with E-state index in [1.165, 1.54) is 41.2 Å². The smallest absolute Gasteiger partial charge is 0.341 e. The average Bonchev–Trinajstić information content (AvgIpc) is 3.53. The summed E-state index contributed by atoms with van der Waals surface area (Å²) < 4.78 is 69.7. The van der Waals surface area contributed by atoms with Crippen molar-refractivity contribution in [1.29, 1.82) is 5.26 Å². The van der Waals surface area contributed by atoms with Gasteiger partial charge in [-0.1, -0.05) is 11.6 Å². The first-order valence-corrected chi connectivity index (χ1v) is 12.7. The molecule has 2 N–H and O–H groups in total. The van der Waals surface area contributed by atoms with E-state index in [4.69, 9.17) is 11.6 Å². The molecule has 0 saturated heterocycles. The first-order chi connectivity index (χ1) is 20.4. The SMILES string of the molecule is N#Cc1cnc2ncc(-c3cc(NC(=O)c4cc(F)cc(C(F)(F)F)c4)c4c(c3)C(=O)N[C@@H]4c3cc(F)ccc3Cl)cn12. The Morgan fingerprint density at radius 3 is 2.53 bits per heavy atom. The van der Waals surface area contributed by atoms with Gasteiger partial charge in [0.2, 0.25) is 5.78 Å². The molecule has 0 radical (unpaired) electrons. The van der Waals surface area contributed by atoms with Crippen LogP contribution in [-0.4, -0.2) is 26.2 Å². The molecule has 14 heteroatoms. The number of carbonyl (C=O) groups excluding carboxylic acids is 2. The summed E-state index contributed by atoms with van der Waals surface area (Å²) in [6, 6.07) is 8.70. The van der Waals surface area contributed by atoms with Crippen LogP contribution in [0.1, 0.15) is 49.1 Å². The minimum atomic E-state index is -4.92. The van der Waals surface area contributed by atoms with E-state index < -0.39 is 46.8 Å². The van der Waals surface area contributed by atoms with Gasteiger partial charge in [-0.15, -0.1) is 0 Å². The molecular weight excluding hydrogens is 595 g/mol. The van der Waals surface area contributed by atoms with Crippen LogP contribution >= 0.6 is 11.6 Å². The molecule has 6 rings (SSSR count). The van der Waals surface area contributed by atoms with Gasteiger partial charge in [-0.2, -0.15) is 18.4 Å². The highest BCUT2D eigenvalue weighted by molar-refractivity contribution is 6.31. The normalized spacial score (nSPS) is 14.3. The third-order valence-electron chi connectivity index (χ3n) is 6.81. The van der Waals surface area contributed by atoms with Crippen molar-refractivity contribution in [3.63, 3.8) is 0 Å². The highest BCUT2D eigenvalue weighted by Crippen LogP contribution is 2.42. The minimum absolute atomic E-state index is 0.0413. The van der Waals surface area contributed by atoms with Crippen LogP contribution in [0.4, 0.5) is 27.6 Å². The van der Waals surface area contributed by atoms with Gasteiger partial charge in [0, 0.05) is 50.9 Å². The maximum atomic E-state index is 14.2. The fourth-order valence-corrected chi connectivity index (χ4v) is 5.08. The molecule has 1 aliphatic rings. The van der Waals surface area contributed by atoms with Crippen LogP contribution in [0.5, 0.6) is 0 Å². The summed E-state index contributed by atoms with van der Waals surface area (Å²) in [5, 5.41) is 14.7. The summed E-state index contributed by atoms with van der Waals surface area (Å²) in [7, 11) is 0. The molecule has 0 aliphatic carbocycles. The van der Waals surface area contributed by atoms with Crippen LogP contribution in [0.25, 0.3) is 16.9 Å². The average molecular weight is 609 g/mol. The predicted octanol–water partition coefficient (Wildman–Crippen LogP) is 6.30. The van der Waals surface area contributed by atoms with Gasteiger partial charge >= 0.3 is 6.18 Å². The van der Waals surface area contributed by atoms with E-state index in [1.54, 1.807) is 0 Å². The van der Waals surface area contributed by atoms with E-state index in [2.05, 4.69) is 20.6 Å². The summed E-state index contributed by atoms with van der Waals surface area (Å²) in [6.45, 7) is 0. The quantitative estimate of drug-likeness (QED) is 0.233. The molecule has 2 amide bonds. The fourth-order valence-electron chi connectivity index (χ4n) is 4.86. The van der Waals surface area contributed by atoms with Crippen molar-refractivity contribution >= 4 is 34.9 Å². The monoisotopic (exact) mass is 608 g/mol. The number of imidazole rings is 1. The Morgan fingerprint density at radius 2 is 1.79 bits per heavy atom. The molecule has 8 nitrogen and oxygen atoms in total. The second-order valence-corrected chi connectivity index (χ2v) is 9.91. The number of aromatic nitrogens is 3. The molecule has 0 unspecified atom stereocenters. The molecule has 5 aromatic rings. The number of anilines is 1. The van der Waals surface area contributed by atoms with Crippen molar-refractivity contribution in [2.75, 3.05) is 5.32 Å². The number of benzene rings is 3. The lowest BCUT2D eigenvalue weighted by atomic mass is 9.93. The van der Waals surface area contributed by atoms with Crippen molar-refractivity contribution in [2.45, 2.75) is 12.2 Å². The summed E-state index contributed by atoms with van der Waals surface area (Å²) in [4.78, 5) is 34.7. The maximum Gasteiger partial charge on any atom is 0.416 e. The summed E-state index contributed by atoms with van der Waals surface area (Å²) >= 11 is 6.33. The van der Waals surface area contributed by atoms with E-state index >= 15 is 0 Å². The number of halogens is 6. The molecule has 43 heavy (non-hydrogen) atoms. The van der Waals surface area contributed by atoms with Gasteiger partial charge < -0.3 is 10.6 Å². The van der Waals surface area contributed by atoms with Gasteiger partial charge in [-0.25, -0.2) is 18.7 Å². The number of hydrogen-bond acceptors (Lipinski definition) is 5. The summed E-state index contributed by atoms with van der Waals surface area (Å²) in [5.41, 5.74) is -0.842. The molecule has 0 fully saturated rings. The van der Waals surface area contributed by atoms with Crippen molar-refractivity contribution in [3.05, 3.63) is 117 Å². The van der Waals surface area contributed by atoms with Crippen LogP contribution in [0.15, 0.2) is 67.1 Å². The number of nitrogens with zero attached hydrogens (tertiary/aromatic N) is 4. The standard InChI is InChI=1S/C29H14ClF5N6O2/c30-22-2-1-17(31)8-20(22)25-24-21(27(43)40-25)5-13(15-10-37-28-38-11-19(9-36)41(28)12-15)6-23(24)39-26(42)14-3-16(29(33,34)35)7-18(32)4-14/h1-8,10-12,25H,(H,39,42)(H,40,43)/t25-/m1/s1. The van der Waals surface area contributed by atoms with Crippen LogP contribution in [0.3, 0.4) is 0 Å². The van der Waals surface area contributed by atoms with Gasteiger partial charge in [-0.05, 0) is 54.1 Å². The number of alkyl halides is 3. The number of amides is 2. The Morgan fingerprint density at radius 1 is 1.02 bits per heavy atom. The number of rotatable bonds is 4. The number of fused-ring (bicyclic) bond motifs is 2. The van der Waals surface area contributed by atoms with Gasteiger partial charge in [-0.3, -0.25) is 14.0 Å². The summed E-state index contributed by atoms with van der Waals surface area (Å²) in [5.74, 6) is -3.44. The zero-order valence-corrected chi connectivity index (χ0v) is 22.1. The van der Waals surface area contributed by atoms with Gasteiger partial charge in [0.05, 0.1) is 17.8 Å². The van der Waals surface area contributed by atoms with Gasteiger partial charge in [0.25, 0.3) is 11.8 Å².